The number of methoxy groups -OCH3 is 1. The molecule has 0 aliphatic rings. The molecule has 5 nitrogen and oxygen atoms in total. The Kier molecular flexibility index (Phi) is 6.10. The van der Waals surface area contributed by atoms with Crippen molar-refractivity contribution in [2.24, 2.45) is 0 Å². The summed E-state index contributed by atoms with van der Waals surface area (Å²) in [6.45, 7) is 6.27. The average molecular weight is 333 g/mol. The lowest BCUT2D eigenvalue weighted by Crippen LogP contribution is -2.14. The number of carbonyl (C=O) groups excluding carboxylic acids is 1. The summed E-state index contributed by atoms with van der Waals surface area (Å²) < 4.78 is 5.31. The van der Waals surface area contributed by atoms with Gasteiger partial charge in [-0.25, -0.2) is 0 Å². The Labute approximate surface area is 141 Å². The number of amides is 1. The summed E-state index contributed by atoms with van der Waals surface area (Å²) in [5.41, 5.74) is 1.97. The molecule has 0 bridgehead atoms. The van der Waals surface area contributed by atoms with Gasteiger partial charge in [0, 0.05) is 11.5 Å². The van der Waals surface area contributed by atoms with Gasteiger partial charge in [0.25, 0.3) is 0 Å². The Bertz CT molecular complexity index is 666. The van der Waals surface area contributed by atoms with Gasteiger partial charge in [-0.1, -0.05) is 42.9 Å². The number of hydrogen-bond donors (Lipinski definition) is 1. The second-order valence-corrected chi connectivity index (χ2v) is 6.51. The van der Waals surface area contributed by atoms with Gasteiger partial charge in [-0.2, -0.15) is 0 Å². The molecule has 0 atom stereocenters. The molecule has 6 heteroatoms. The summed E-state index contributed by atoms with van der Waals surface area (Å²) in [7, 11) is 1.61. The third-order valence-corrected chi connectivity index (χ3v) is 4.81. The number of aryl methyl sites for hydroxylation is 1. The van der Waals surface area contributed by atoms with Gasteiger partial charge in [0.2, 0.25) is 11.0 Å². The largest absolute Gasteiger partial charge is 0.496 e. The summed E-state index contributed by atoms with van der Waals surface area (Å²) in [5.74, 6) is 1.02. The molecular formula is C17H23N3O2S. The van der Waals surface area contributed by atoms with Gasteiger partial charge in [-0.15, -0.1) is 10.2 Å². The van der Waals surface area contributed by atoms with Crippen molar-refractivity contribution in [3.63, 3.8) is 0 Å². The van der Waals surface area contributed by atoms with Crippen molar-refractivity contribution >= 4 is 22.4 Å². The number of ether oxygens (including phenoxy) is 1. The summed E-state index contributed by atoms with van der Waals surface area (Å²) in [4.78, 5) is 12.3. The van der Waals surface area contributed by atoms with Crippen molar-refractivity contribution in [1.82, 2.24) is 10.2 Å². The molecule has 0 saturated heterocycles. The minimum absolute atomic E-state index is 0.110. The minimum Gasteiger partial charge on any atom is -0.496 e. The molecule has 0 spiro atoms. The summed E-state index contributed by atoms with van der Waals surface area (Å²) in [6, 6.07) is 5.81. The Morgan fingerprint density at radius 1 is 1.30 bits per heavy atom. The Morgan fingerprint density at radius 3 is 2.70 bits per heavy atom. The SMILES string of the molecule is CCC(CC)c1nnc(NC(=O)Cc2cc(C)ccc2OC)s1. The van der Waals surface area contributed by atoms with E-state index in [1.807, 2.05) is 25.1 Å². The summed E-state index contributed by atoms with van der Waals surface area (Å²) in [6.07, 6.45) is 2.31. The lowest BCUT2D eigenvalue weighted by molar-refractivity contribution is -0.115. The number of nitrogens with one attached hydrogen (secondary N) is 1. The molecule has 2 rings (SSSR count). The Hall–Kier alpha value is -1.95. The van der Waals surface area contributed by atoms with Crippen LogP contribution < -0.4 is 10.1 Å². The molecule has 23 heavy (non-hydrogen) atoms. The first-order valence-corrected chi connectivity index (χ1v) is 8.65. The maximum atomic E-state index is 12.3. The molecule has 1 heterocycles. The van der Waals surface area contributed by atoms with Crippen LogP contribution in [-0.2, 0) is 11.2 Å². The number of aromatic nitrogens is 2. The molecule has 1 amide bonds. The number of anilines is 1. The van der Waals surface area contributed by atoms with Gasteiger partial charge in [0.1, 0.15) is 10.8 Å². The van der Waals surface area contributed by atoms with E-state index in [4.69, 9.17) is 4.74 Å². The van der Waals surface area contributed by atoms with E-state index in [2.05, 4.69) is 29.4 Å². The van der Waals surface area contributed by atoms with E-state index in [-0.39, 0.29) is 12.3 Å². The van der Waals surface area contributed by atoms with E-state index in [0.29, 0.717) is 11.0 Å². The molecule has 1 N–H and O–H groups in total. The fourth-order valence-electron chi connectivity index (χ4n) is 2.47. The first-order valence-electron chi connectivity index (χ1n) is 7.84. The van der Waals surface area contributed by atoms with Crippen LogP contribution in [0.3, 0.4) is 0 Å². The minimum atomic E-state index is -0.110. The number of nitrogens with zero attached hydrogens (tertiary/aromatic N) is 2. The third-order valence-electron chi connectivity index (χ3n) is 3.81. The zero-order valence-electron chi connectivity index (χ0n) is 14.0. The zero-order valence-corrected chi connectivity index (χ0v) is 14.9. The third kappa shape index (κ3) is 4.51. The molecule has 0 saturated carbocycles. The highest BCUT2D eigenvalue weighted by atomic mass is 32.1. The van der Waals surface area contributed by atoms with Crippen LogP contribution in [0.25, 0.3) is 0 Å². The van der Waals surface area contributed by atoms with Crippen molar-refractivity contribution in [3.05, 3.63) is 34.3 Å². The highest BCUT2D eigenvalue weighted by Crippen LogP contribution is 2.28. The van der Waals surface area contributed by atoms with Crippen LogP contribution in [0, 0.1) is 6.92 Å². The van der Waals surface area contributed by atoms with Crippen molar-refractivity contribution < 1.29 is 9.53 Å². The summed E-state index contributed by atoms with van der Waals surface area (Å²) >= 11 is 1.46. The van der Waals surface area contributed by atoms with Crippen LogP contribution in [0.2, 0.25) is 0 Å². The quantitative estimate of drug-likeness (QED) is 0.833. The smallest absolute Gasteiger partial charge is 0.230 e. The van der Waals surface area contributed by atoms with E-state index < -0.39 is 0 Å². The van der Waals surface area contributed by atoms with Crippen molar-refractivity contribution in [2.75, 3.05) is 12.4 Å². The fraction of sp³-hybridized carbons (Fsp3) is 0.471. The number of carbonyl (C=O) groups is 1. The molecule has 1 aromatic heterocycles. The topological polar surface area (TPSA) is 64.1 Å². The average Bonchev–Trinajstić information content (AvgIpc) is 2.97. The first-order chi connectivity index (χ1) is 11.1. The predicted octanol–water partition coefficient (Wildman–Crippen LogP) is 3.94. The molecule has 0 radical (unpaired) electrons. The fourth-order valence-corrected chi connectivity index (χ4v) is 3.50. The second-order valence-electron chi connectivity index (χ2n) is 5.50. The van der Waals surface area contributed by atoms with Crippen LogP contribution >= 0.6 is 11.3 Å². The van der Waals surface area contributed by atoms with Crippen LogP contribution in [0.5, 0.6) is 5.75 Å². The number of rotatable bonds is 7. The van der Waals surface area contributed by atoms with Crippen LogP contribution in [-0.4, -0.2) is 23.2 Å². The molecule has 0 aliphatic carbocycles. The van der Waals surface area contributed by atoms with E-state index >= 15 is 0 Å². The highest BCUT2D eigenvalue weighted by Gasteiger charge is 2.15. The highest BCUT2D eigenvalue weighted by molar-refractivity contribution is 7.15. The van der Waals surface area contributed by atoms with E-state index in [1.54, 1.807) is 7.11 Å². The standard InChI is InChI=1S/C17H23N3O2S/c1-5-12(6-2)16-19-20-17(23-16)18-15(21)10-13-9-11(3)7-8-14(13)22-4/h7-9,12H,5-6,10H2,1-4H3,(H,18,20,21). The molecule has 0 unspecified atom stereocenters. The van der Waals surface area contributed by atoms with Gasteiger partial charge < -0.3 is 10.1 Å². The molecule has 1 aromatic carbocycles. The molecule has 124 valence electrons. The molecule has 0 fully saturated rings. The van der Waals surface area contributed by atoms with Crippen LogP contribution in [0.15, 0.2) is 18.2 Å². The van der Waals surface area contributed by atoms with Gasteiger partial charge in [-0.3, -0.25) is 4.79 Å². The monoisotopic (exact) mass is 333 g/mol. The zero-order chi connectivity index (χ0) is 16.8. The lowest BCUT2D eigenvalue weighted by Gasteiger charge is -2.09. The van der Waals surface area contributed by atoms with Gasteiger partial charge in [0.05, 0.1) is 13.5 Å². The molecule has 0 aliphatic heterocycles. The van der Waals surface area contributed by atoms with Crippen molar-refractivity contribution in [2.45, 2.75) is 46.0 Å². The van der Waals surface area contributed by atoms with Crippen LogP contribution in [0.1, 0.15) is 48.7 Å². The molecular weight excluding hydrogens is 310 g/mol. The van der Waals surface area contributed by atoms with E-state index in [9.17, 15) is 4.79 Å². The molecule has 2 aromatic rings. The van der Waals surface area contributed by atoms with Crippen LogP contribution in [0.4, 0.5) is 5.13 Å². The summed E-state index contributed by atoms with van der Waals surface area (Å²) in [5, 5.41) is 12.7. The van der Waals surface area contributed by atoms with Crippen molar-refractivity contribution in [1.29, 1.82) is 0 Å². The lowest BCUT2D eigenvalue weighted by atomic mass is 10.1. The van der Waals surface area contributed by atoms with Gasteiger partial charge in [0.15, 0.2) is 0 Å². The number of benzene rings is 1. The Morgan fingerprint density at radius 2 is 2.04 bits per heavy atom. The van der Waals surface area contributed by atoms with Gasteiger partial charge in [-0.05, 0) is 25.8 Å². The predicted molar refractivity (Wildman–Crippen MR) is 93.3 cm³/mol. The maximum absolute atomic E-state index is 12.3. The first kappa shape index (κ1) is 17.4. The van der Waals surface area contributed by atoms with Gasteiger partial charge >= 0.3 is 0 Å². The second kappa shape index (κ2) is 8.06. The van der Waals surface area contributed by atoms with Crippen molar-refractivity contribution in [3.8, 4) is 5.75 Å². The number of hydrogen-bond acceptors (Lipinski definition) is 5. The van der Waals surface area contributed by atoms with E-state index in [0.717, 1.165) is 34.7 Å². The Balaban J connectivity index is 2.04. The maximum Gasteiger partial charge on any atom is 0.230 e. The van der Waals surface area contributed by atoms with E-state index in [1.165, 1.54) is 11.3 Å². The normalized spacial score (nSPS) is 10.8.